The molecule has 0 unspecified atom stereocenters. The van der Waals surface area contributed by atoms with E-state index in [9.17, 15) is 0 Å². The van der Waals surface area contributed by atoms with Crippen molar-refractivity contribution in [3.63, 3.8) is 0 Å². The molecule has 0 aliphatic heterocycles. The number of imidazole rings is 1. The van der Waals surface area contributed by atoms with E-state index in [0.717, 1.165) is 30.3 Å². The molecule has 3 rings (SSSR count). The number of pyridine rings is 1. The number of rotatable bonds is 5. The summed E-state index contributed by atoms with van der Waals surface area (Å²) in [4.78, 5) is 4.41. The van der Waals surface area contributed by atoms with E-state index < -0.39 is 0 Å². The fourth-order valence-corrected chi connectivity index (χ4v) is 2.51. The number of hydrogen-bond donors (Lipinski definition) is 1. The van der Waals surface area contributed by atoms with Crippen LogP contribution in [0.2, 0.25) is 0 Å². The van der Waals surface area contributed by atoms with Gasteiger partial charge in [0, 0.05) is 18.9 Å². The van der Waals surface area contributed by atoms with Crippen LogP contribution < -0.4 is 5.32 Å². The van der Waals surface area contributed by atoms with Crippen molar-refractivity contribution in [1.29, 1.82) is 0 Å². The predicted molar refractivity (Wildman–Crippen MR) is 73.8 cm³/mol. The molecule has 0 radical (unpaired) electrons. The van der Waals surface area contributed by atoms with Crippen molar-refractivity contribution >= 4 is 17.2 Å². The molecule has 1 saturated carbocycles. The Labute approximate surface area is 112 Å². The molecule has 0 atom stereocenters. The van der Waals surface area contributed by atoms with Gasteiger partial charge in [-0.15, -0.1) is 11.6 Å². The van der Waals surface area contributed by atoms with Gasteiger partial charge in [0.2, 0.25) is 0 Å². The zero-order valence-electron chi connectivity index (χ0n) is 10.4. The van der Waals surface area contributed by atoms with Gasteiger partial charge >= 0.3 is 0 Å². The van der Waals surface area contributed by atoms with Crippen molar-refractivity contribution in [1.82, 2.24) is 14.7 Å². The molecule has 0 bridgehead atoms. The van der Waals surface area contributed by atoms with Gasteiger partial charge in [-0.1, -0.05) is 12.5 Å². The number of alkyl halides is 1. The van der Waals surface area contributed by atoms with Crippen molar-refractivity contribution in [2.75, 3.05) is 6.54 Å². The lowest BCUT2D eigenvalue weighted by Crippen LogP contribution is -2.26. The molecular weight excluding hydrogens is 246 g/mol. The minimum atomic E-state index is 0.469. The number of nitrogens with one attached hydrogen (secondary N) is 1. The summed E-state index contributed by atoms with van der Waals surface area (Å²) in [5.41, 5.74) is 3.19. The van der Waals surface area contributed by atoms with Gasteiger partial charge in [0.1, 0.15) is 5.65 Å². The molecule has 3 nitrogen and oxygen atoms in total. The van der Waals surface area contributed by atoms with Gasteiger partial charge in [0.25, 0.3) is 0 Å². The maximum atomic E-state index is 5.79. The van der Waals surface area contributed by atoms with Gasteiger partial charge in [-0.3, -0.25) is 0 Å². The summed E-state index contributed by atoms with van der Waals surface area (Å²) in [7, 11) is 0. The van der Waals surface area contributed by atoms with Gasteiger partial charge in [-0.2, -0.15) is 0 Å². The third-order valence-electron chi connectivity index (χ3n) is 3.69. The zero-order chi connectivity index (χ0) is 12.4. The molecule has 0 saturated heterocycles. The Balaban J connectivity index is 1.64. The van der Waals surface area contributed by atoms with Crippen LogP contribution in [0, 0.1) is 5.92 Å². The molecule has 96 valence electrons. The van der Waals surface area contributed by atoms with E-state index >= 15 is 0 Å². The predicted octanol–water partition coefficient (Wildman–Crippen LogP) is 2.96. The molecule has 4 heteroatoms. The molecule has 2 heterocycles. The van der Waals surface area contributed by atoms with Crippen molar-refractivity contribution < 1.29 is 0 Å². The van der Waals surface area contributed by atoms with E-state index in [2.05, 4.69) is 33.0 Å². The maximum absolute atomic E-state index is 5.79. The highest BCUT2D eigenvalue weighted by atomic mass is 35.5. The lowest BCUT2D eigenvalue weighted by Gasteiger charge is -2.25. The molecule has 1 N–H and O–H groups in total. The molecule has 2 aromatic rings. The number of fused-ring (bicyclic) bond motifs is 1. The Hall–Kier alpha value is -1.06. The zero-order valence-corrected chi connectivity index (χ0v) is 11.2. The summed E-state index contributed by atoms with van der Waals surface area (Å²) in [6.45, 7) is 2.08. The Bertz CT molecular complexity index is 531. The lowest BCUT2D eigenvalue weighted by atomic mass is 9.85. The van der Waals surface area contributed by atoms with Gasteiger partial charge in [0.15, 0.2) is 0 Å². The van der Waals surface area contributed by atoms with Crippen LogP contribution in [0.4, 0.5) is 0 Å². The molecule has 0 aromatic carbocycles. The number of hydrogen-bond acceptors (Lipinski definition) is 2. The molecule has 1 aliphatic carbocycles. The van der Waals surface area contributed by atoms with Crippen LogP contribution in [-0.2, 0) is 12.4 Å². The Morgan fingerprint density at radius 2 is 2.22 bits per heavy atom. The summed E-state index contributed by atoms with van der Waals surface area (Å²) in [5, 5.41) is 3.53. The monoisotopic (exact) mass is 263 g/mol. The van der Waals surface area contributed by atoms with E-state index in [1.807, 2.05) is 6.20 Å². The second-order valence-corrected chi connectivity index (χ2v) is 5.36. The van der Waals surface area contributed by atoms with Gasteiger partial charge in [0.05, 0.1) is 11.6 Å². The van der Waals surface area contributed by atoms with Crippen molar-refractivity contribution in [2.45, 2.75) is 31.7 Å². The highest BCUT2D eigenvalue weighted by molar-refractivity contribution is 6.16. The van der Waals surface area contributed by atoms with E-state index in [4.69, 9.17) is 11.6 Å². The number of nitrogens with zero attached hydrogens (tertiary/aromatic N) is 2. The maximum Gasteiger partial charge on any atom is 0.137 e. The average Bonchev–Trinajstić information content (AvgIpc) is 2.74. The molecule has 2 aromatic heterocycles. The van der Waals surface area contributed by atoms with Crippen LogP contribution in [0.15, 0.2) is 24.5 Å². The quantitative estimate of drug-likeness (QED) is 0.841. The topological polar surface area (TPSA) is 29.3 Å². The minimum absolute atomic E-state index is 0.469. The van der Waals surface area contributed by atoms with Gasteiger partial charge in [-0.25, -0.2) is 4.98 Å². The third-order valence-corrected chi connectivity index (χ3v) is 3.96. The van der Waals surface area contributed by atoms with Crippen molar-refractivity contribution in [3.05, 3.63) is 35.8 Å². The van der Waals surface area contributed by atoms with Crippen molar-refractivity contribution in [2.24, 2.45) is 5.92 Å². The number of aromatic nitrogens is 2. The van der Waals surface area contributed by atoms with Crippen molar-refractivity contribution in [3.8, 4) is 0 Å². The molecule has 18 heavy (non-hydrogen) atoms. The fraction of sp³-hybridized carbons (Fsp3) is 0.500. The Morgan fingerprint density at radius 1 is 1.33 bits per heavy atom. The van der Waals surface area contributed by atoms with Crippen LogP contribution in [-0.4, -0.2) is 15.9 Å². The molecule has 1 aliphatic rings. The second-order valence-electron chi connectivity index (χ2n) is 5.10. The summed E-state index contributed by atoms with van der Waals surface area (Å²) >= 11 is 5.79. The lowest BCUT2D eigenvalue weighted by molar-refractivity contribution is 0.301. The first kappa shape index (κ1) is 12.0. The summed E-state index contributed by atoms with van der Waals surface area (Å²) in [5.74, 6) is 1.38. The Kier molecular flexibility index (Phi) is 3.52. The smallest absolute Gasteiger partial charge is 0.137 e. The third kappa shape index (κ3) is 2.52. The van der Waals surface area contributed by atoms with Crippen LogP contribution in [0.1, 0.15) is 30.5 Å². The first-order valence-electron chi connectivity index (χ1n) is 6.58. The van der Waals surface area contributed by atoms with Crippen LogP contribution in [0.3, 0.4) is 0 Å². The molecule has 0 spiro atoms. The first-order valence-corrected chi connectivity index (χ1v) is 7.12. The van der Waals surface area contributed by atoms with Gasteiger partial charge in [-0.05, 0) is 36.9 Å². The Morgan fingerprint density at radius 3 is 2.94 bits per heavy atom. The van der Waals surface area contributed by atoms with Crippen LogP contribution in [0.5, 0.6) is 0 Å². The number of halogens is 1. The molecular formula is C14H18ClN3. The van der Waals surface area contributed by atoms with E-state index in [0.29, 0.717) is 5.88 Å². The normalized spacial score (nSPS) is 16.1. The highest BCUT2D eigenvalue weighted by Crippen LogP contribution is 2.25. The summed E-state index contributed by atoms with van der Waals surface area (Å²) in [6.07, 6.45) is 8.33. The van der Waals surface area contributed by atoms with E-state index in [-0.39, 0.29) is 0 Å². The fourth-order valence-electron chi connectivity index (χ4n) is 2.38. The van der Waals surface area contributed by atoms with Gasteiger partial charge < -0.3 is 9.72 Å². The summed E-state index contributed by atoms with van der Waals surface area (Å²) < 4.78 is 2.05. The largest absolute Gasteiger partial charge is 0.312 e. The molecule has 0 amide bonds. The standard InChI is InChI=1S/C14H18ClN3/c15-6-13-10-18-9-12(4-5-14(18)17-13)8-16-7-11-2-1-3-11/h4-5,9-11,16H,1-3,6-8H2. The van der Waals surface area contributed by atoms with Crippen LogP contribution in [0.25, 0.3) is 5.65 Å². The van der Waals surface area contributed by atoms with Crippen LogP contribution >= 0.6 is 11.6 Å². The summed E-state index contributed by atoms with van der Waals surface area (Å²) in [6, 6.07) is 4.19. The minimum Gasteiger partial charge on any atom is -0.312 e. The highest BCUT2D eigenvalue weighted by Gasteiger charge is 2.16. The first-order chi connectivity index (χ1) is 8.85. The molecule has 1 fully saturated rings. The second kappa shape index (κ2) is 5.29. The average molecular weight is 264 g/mol. The van der Waals surface area contributed by atoms with E-state index in [1.165, 1.54) is 24.8 Å². The SMILES string of the molecule is ClCc1cn2cc(CNCC3CCC3)ccc2n1. The van der Waals surface area contributed by atoms with E-state index in [1.54, 1.807) is 0 Å².